The van der Waals surface area contributed by atoms with Crippen molar-refractivity contribution in [3.8, 4) is 0 Å². The second kappa shape index (κ2) is 4.76. The van der Waals surface area contributed by atoms with Crippen LogP contribution in [0, 0.1) is 5.92 Å². The molecule has 0 aliphatic heterocycles. The van der Waals surface area contributed by atoms with Crippen molar-refractivity contribution in [3.63, 3.8) is 0 Å². The van der Waals surface area contributed by atoms with Gasteiger partial charge in [0.2, 0.25) is 5.91 Å². The number of rotatable bonds is 5. The molecule has 104 valence electrons. The monoisotopic (exact) mass is 260 g/mol. The van der Waals surface area contributed by atoms with Gasteiger partial charge in [0.15, 0.2) is 0 Å². The number of likely N-dealkylation sites (N-methyl/N-ethyl adjacent to an activating group) is 1. The van der Waals surface area contributed by atoms with Gasteiger partial charge in [-0.2, -0.15) is 0 Å². The predicted molar refractivity (Wildman–Crippen MR) is 65.6 cm³/mol. The van der Waals surface area contributed by atoms with E-state index in [1.54, 1.807) is 0 Å². The van der Waals surface area contributed by atoms with Crippen molar-refractivity contribution in [2.75, 3.05) is 20.6 Å². The Balaban J connectivity index is 1.78. The molecular weight excluding hydrogens is 238 g/mol. The minimum atomic E-state index is -2.59. The zero-order valence-corrected chi connectivity index (χ0v) is 11.1. The Hall–Kier alpha value is -0.710. The van der Waals surface area contributed by atoms with Gasteiger partial charge >= 0.3 is 0 Å². The van der Waals surface area contributed by atoms with E-state index in [-0.39, 0.29) is 24.3 Å². The molecular formula is C13H22F2N2O. The van der Waals surface area contributed by atoms with Crippen LogP contribution in [0.25, 0.3) is 0 Å². The van der Waals surface area contributed by atoms with Crippen LogP contribution >= 0.6 is 0 Å². The molecule has 0 aromatic rings. The van der Waals surface area contributed by atoms with E-state index in [0.717, 1.165) is 12.8 Å². The predicted octanol–water partition coefficient (Wildman–Crippen LogP) is 2.02. The normalized spacial score (nSPS) is 28.4. The summed E-state index contributed by atoms with van der Waals surface area (Å²) in [5, 5.41) is 2.84. The SMILES string of the molecule is CN(C)C1(CNC(=O)C[C@@H]2CC2(F)F)CCCC1. The summed E-state index contributed by atoms with van der Waals surface area (Å²) in [6.07, 6.45) is 4.33. The molecule has 2 aliphatic rings. The highest BCUT2D eigenvalue weighted by atomic mass is 19.3. The molecule has 0 aromatic carbocycles. The zero-order valence-electron chi connectivity index (χ0n) is 11.1. The third-order valence-electron chi connectivity index (χ3n) is 4.49. The molecule has 5 heteroatoms. The van der Waals surface area contributed by atoms with Gasteiger partial charge in [-0.05, 0) is 26.9 Å². The summed E-state index contributed by atoms with van der Waals surface area (Å²) in [6, 6.07) is 0. The van der Waals surface area contributed by atoms with E-state index in [9.17, 15) is 13.6 Å². The van der Waals surface area contributed by atoms with E-state index in [1.165, 1.54) is 12.8 Å². The number of halogens is 2. The van der Waals surface area contributed by atoms with Crippen molar-refractivity contribution in [2.45, 2.75) is 50.0 Å². The maximum atomic E-state index is 12.7. The third-order valence-corrected chi connectivity index (χ3v) is 4.49. The fourth-order valence-electron chi connectivity index (χ4n) is 2.87. The molecule has 0 spiro atoms. The van der Waals surface area contributed by atoms with Crippen LogP contribution in [0.5, 0.6) is 0 Å². The molecule has 0 saturated heterocycles. The molecule has 2 fully saturated rings. The molecule has 0 heterocycles. The van der Waals surface area contributed by atoms with Crippen LogP contribution in [0.3, 0.4) is 0 Å². The van der Waals surface area contributed by atoms with Crippen LogP contribution in [0.2, 0.25) is 0 Å². The van der Waals surface area contributed by atoms with Gasteiger partial charge in [-0.15, -0.1) is 0 Å². The Morgan fingerprint density at radius 2 is 1.89 bits per heavy atom. The van der Waals surface area contributed by atoms with E-state index in [2.05, 4.69) is 10.2 Å². The number of nitrogens with zero attached hydrogens (tertiary/aromatic N) is 1. The summed E-state index contributed by atoms with van der Waals surface area (Å²) in [4.78, 5) is 13.8. The molecule has 1 atom stereocenters. The second-order valence-corrected chi connectivity index (χ2v) is 5.97. The fraction of sp³-hybridized carbons (Fsp3) is 0.923. The number of hydrogen-bond donors (Lipinski definition) is 1. The lowest BCUT2D eigenvalue weighted by Crippen LogP contribution is -2.50. The first kappa shape index (κ1) is 13.7. The molecule has 2 aliphatic carbocycles. The molecule has 0 unspecified atom stereocenters. The highest BCUT2D eigenvalue weighted by Gasteiger charge is 2.57. The average Bonchev–Trinajstić information content (AvgIpc) is 2.73. The Bertz CT molecular complexity index is 325. The lowest BCUT2D eigenvalue weighted by Gasteiger charge is -2.36. The minimum Gasteiger partial charge on any atom is -0.354 e. The van der Waals surface area contributed by atoms with Gasteiger partial charge in [0, 0.05) is 30.8 Å². The molecule has 18 heavy (non-hydrogen) atoms. The van der Waals surface area contributed by atoms with Crippen molar-refractivity contribution >= 4 is 5.91 Å². The van der Waals surface area contributed by atoms with E-state index >= 15 is 0 Å². The highest BCUT2D eigenvalue weighted by Crippen LogP contribution is 2.50. The van der Waals surface area contributed by atoms with Crippen LogP contribution in [-0.2, 0) is 4.79 Å². The fourth-order valence-corrected chi connectivity index (χ4v) is 2.87. The molecule has 1 amide bonds. The quantitative estimate of drug-likeness (QED) is 0.820. The van der Waals surface area contributed by atoms with Crippen molar-refractivity contribution in [2.24, 2.45) is 5.92 Å². The number of amides is 1. The van der Waals surface area contributed by atoms with Crippen molar-refractivity contribution in [3.05, 3.63) is 0 Å². The molecule has 1 N–H and O–H groups in total. The Morgan fingerprint density at radius 3 is 2.33 bits per heavy atom. The van der Waals surface area contributed by atoms with Crippen LogP contribution in [0.1, 0.15) is 38.5 Å². The molecule has 0 bridgehead atoms. The first-order chi connectivity index (χ1) is 8.36. The largest absolute Gasteiger partial charge is 0.354 e. The molecule has 3 nitrogen and oxygen atoms in total. The minimum absolute atomic E-state index is 0.0295. The summed E-state index contributed by atoms with van der Waals surface area (Å²) in [5.74, 6) is -3.55. The molecule has 2 saturated carbocycles. The Kier molecular flexibility index (Phi) is 3.63. The molecule has 2 rings (SSSR count). The zero-order chi connectivity index (χ0) is 13.4. The maximum absolute atomic E-state index is 12.7. The summed E-state index contributed by atoms with van der Waals surface area (Å²) in [6.45, 7) is 0.580. The van der Waals surface area contributed by atoms with Crippen molar-refractivity contribution < 1.29 is 13.6 Å². The summed E-state index contributed by atoms with van der Waals surface area (Å²) >= 11 is 0. The third kappa shape index (κ3) is 2.82. The first-order valence-electron chi connectivity index (χ1n) is 6.68. The number of carbonyl (C=O) groups excluding carboxylic acids is 1. The maximum Gasteiger partial charge on any atom is 0.252 e. The van der Waals surface area contributed by atoms with E-state index in [0.29, 0.717) is 6.54 Å². The van der Waals surface area contributed by atoms with Gasteiger partial charge in [0.05, 0.1) is 0 Å². The molecule has 0 aromatic heterocycles. The number of alkyl halides is 2. The van der Waals surface area contributed by atoms with Gasteiger partial charge in [-0.1, -0.05) is 12.8 Å². The van der Waals surface area contributed by atoms with Gasteiger partial charge in [0.25, 0.3) is 5.92 Å². The van der Waals surface area contributed by atoms with Gasteiger partial charge in [0.1, 0.15) is 0 Å². The van der Waals surface area contributed by atoms with Crippen LogP contribution in [0.4, 0.5) is 8.78 Å². The number of hydrogen-bond acceptors (Lipinski definition) is 2. The van der Waals surface area contributed by atoms with E-state index < -0.39 is 11.8 Å². The van der Waals surface area contributed by atoms with Gasteiger partial charge in [-0.25, -0.2) is 8.78 Å². The topological polar surface area (TPSA) is 32.3 Å². The number of carbonyl (C=O) groups is 1. The van der Waals surface area contributed by atoms with Crippen LogP contribution < -0.4 is 5.32 Å². The van der Waals surface area contributed by atoms with Gasteiger partial charge in [-0.3, -0.25) is 4.79 Å². The van der Waals surface area contributed by atoms with E-state index in [4.69, 9.17) is 0 Å². The first-order valence-corrected chi connectivity index (χ1v) is 6.68. The van der Waals surface area contributed by atoms with Crippen molar-refractivity contribution in [1.29, 1.82) is 0 Å². The van der Waals surface area contributed by atoms with Crippen LogP contribution in [-0.4, -0.2) is 42.9 Å². The Morgan fingerprint density at radius 1 is 1.33 bits per heavy atom. The highest BCUT2D eigenvalue weighted by molar-refractivity contribution is 5.76. The summed E-state index contributed by atoms with van der Waals surface area (Å²) in [5.41, 5.74) is 0.0295. The van der Waals surface area contributed by atoms with Crippen LogP contribution in [0.15, 0.2) is 0 Å². The standard InChI is InChI=1S/C13H22F2N2O/c1-17(2)12(5-3-4-6-12)9-16-11(18)7-10-8-13(10,14)15/h10H,3-9H2,1-2H3,(H,16,18)/t10-/m1/s1. The lowest BCUT2D eigenvalue weighted by atomic mass is 9.96. The number of nitrogens with one attached hydrogen (secondary N) is 1. The summed E-state index contributed by atoms with van der Waals surface area (Å²) < 4.78 is 25.4. The van der Waals surface area contributed by atoms with Crippen molar-refractivity contribution in [1.82, 2.24) is 10.2 Å². The van der Waals surface area contributed by atoms with Gasteiger partial charge < -0.3 is 10.2 Å². The Labute approximate surface area is 107 Å². The average molecular weight is 260 g/mol. The van der Waals surface area contributed by atoms with E-state index in [1.807, 2.05) is 14.1 Å². The second-order valence-electron chi connectivity index (χ2n) is 5.97. The molecule has 0 radical (unpaired) electrons. The smallest absolute Gasteiger partial charge is 0.252 e. The summed E-state index contributed by atoms with van der Waals surface area (Å²) in [7, 11) is 4.04. The lowest BCUT2D eigenvalue weighted by molar-refractivity contribution is -0.122.